The first-order chi connectivity index (χ1) is 6.83. The van der Waals surface area contributed by atoms with Crippen molar-refractivity contribution in [2.45, 2.75) is 37.8 Å². The zero-order chi connectivity index (χ0) is 10.3. The van der Waals surface area contributed by atoms with Crippen LogP contribution in [0, 0.1) is 0 Å². The molecule has 2 heteroatoms. The fraction of sp³-hybridized carbons (Fsp3) is 0.667. The molecule has 0 saturated heterocycles. The maximum Gasteiger partial charge on any atom is 0.0692 e. The molecule has 0 spiro atoms. The molecular weight excluding hydrogens is 172 g/mol. The molecule has 80 valence electrons. The normalized spacial score (nSPS) is 20.3. The molecule has 0 bridgehead atoms. The summed E-state index contributed by atoms with van der Waals surface area (Å²) in [7, 11) is 0. The van der Waals surface area contributed by atoms with Gasteiger partial charge in [-0.25, -0.2) is 0 Å². The summed E-state index contributed by atoms with van der Waals surface area (Å²) < 4.78 is 0. The minimum Gasteiger partial charge on any atom is -0.296 e. The smallest absolute Gasteiger partial charge is 0.0692 e. The maximum atomic E-state index is 3.75. The van der Waals surface area contributed by atoms with Gasteiger partial charge in [-0.15, -0.1) is 13.2 Å². The first-order valence-electron chi connectivity index (χ1n) is 5.55. The third kappa shape index (κ3) is 3.28. The second-order valence-electron chi connectivity index (χ2n) is 3.98. The van der Waals surface area contributed by atoms with E-state index in [0.29, 0.717) is 0 Å². The Kier molecular flexibility index (Phi) is 4.91. The predicted octanol–water partition coefficient (Wildman–Crippen LogP) is 2.20. The maximum absolute atomic E-state index is 3.75. The minimum atomic E-state index is 0.140. The van der Waals surface area contributed by atoms with Gasteiger partial charge >= 0.3 is 0 Å². The van der Waals surface area contributed by atoms with Crippen LogP contribution in [0.15, 0.2) is 25.3 Å². The van der Waals surface area contributed by atoms with Gasteiger partial charge in [0.15, 0.2) is 0 Å². The lowest BCUT2D eigenvalue weighted by atomic mass is 9.88. The molecule has 2 nitrogen and oxygen atoms in total. The molecule has 1 aliphatic carbocycles. The number of nitrogens with one attached hydrogen (secondary N) is 2. The second-order valence-corrected chi connectivity index (χ2v) is 3.98. The van der Waals surface area contributed by atoms with Crippen LogP contribution in [0.2, 0.25) is 0 Å². The zero-order valence-corrected chi connectivity index (χ0v) is 9.02. The molecule has 0 heterocycles. The van der Waals surface area contributed by atoms with Crippen LogP contribution in [0.3, 0.4) is 0 Å². The van der Waals surface area contributed by atoms with Gasteiger partial charge < -0.3 is 0 Å². The van der Waals surface area contributed by atoms with Crippen molar-refractivity contribution in [1.82, 2.24) is 10.6 Å². The summed E-state index contributed by atoms with van der Waals surface area (Å²) in [5.41, 5.74) is 0.140. The highest BCUT2D eigenvalue weighted by atomic mass is 15.2. The summed E-state index contributed by atoms with van der Waals surface area (Å²) in [6.45, 7) is 9.25. The van der Waals surface area contributed by atoms with Crippen molar-refractivity contribution in [3.63, 3.8) is 0 Å². The van der Waals surface area contributed by atoms with Crippen LogP contribution in [0.25, 0.3) is 0 Å². The van der Waals surface area contributed by atoms with E-state index in [0.717, 1.165) is 13.1 Å². The quantitative estimate of drug-likeness (QED) is 0.500. The molecule has 1 fully saturated rings. The Hall–Kier alpha value is -0.600. The first-order valence-corrected chi connectivity index (χ1v) is 5.55. The molecule has 0 amide bonds. The standard InChI is InChI=1S/C12H22N2/c1-3-10-13-12(14-11-4-2)8-6-5-7-9-12/h3-4,13-14H,1-2,5-11H2. The van der Waals surface area contributed by atoms with E-state index in [4.69, 9.17) is 0 Å². The summed E-state index contributed by atoms with van der Waals surface area (Å²) >= 11 is 0. The summed E-state index contributed by atoms with van der Waals surface area (Å²) in [5.74, 6) is 0. The lowest BCUT2D eigenvalue weighted by molar-refractivity contribution is 0.194. The van der Waals surface area contributed by atoms with Crippen LogP contribution < -0.4 is 10.6 Å². The van der Waals surface area contributed by atoms with E-state index >= 15 is 0 Å². The van der Waals surface area contributed by atoms with Gasteiger partial charge in [0, 0.05) is 13.1 Å². The average Bonchev–Trinajstić information content (AvgIpc) is 2.25. The topological polar surface area (TPSA) is 24.1 Å². The predicted molar refractivity (Wildman–Crippen MR) is 62.2 cm³/mol. The van der Waals surface area contributed by atoms with Crippen molar-refractivity contribution in [2.75, 3.05) is 13.1 Å². The fourth-order valence-electron chi connectivity index (χ4n) is 2.11. The molecule has 14 heavy (non-hydrogen) atoms. The second kappa shape index (κ2) is 5.99. The zero-order valence-electron chi connectivity index (χ0n) is 9.02. The summed E-state index contributed by atoms with van der Waals surface area (Å²) in [6, 6.07) is 0. The molecule has 0 atom stereocenters. The van der Waals surface area contributed by atoms with Crippen LogP contribution in [-0.4, -0.2) is 18.8 Å². The Bertz CT molecular complexity index is 167. The number of rotatable bonds is 6. The molecule has 1 rings (SSSR count). The van der Waals surface area contributed by atoms with Crippen LogP contribution in [0.5, 0.6) is 0 Å². The molecule has 0 unspecified atom stereocenters. The van der Waals surface area contributed by atoms with E-state index in [-0.39, 0.29) is 5.66 Å². The summed E-state index contributed by atoms with van der Waals surface area (Å²) in [5, 5.41) is 7.09. The lowest BCUT2D eigenvalue weighted by Crippen LogP contribution is -2.57. The molecular formula is C12H22N2. The summed E-state index contributed by atoms with van der Waals surface area (Å²) in [4.78, 5) is 0. The van der Waals surface area contributed by atoms with Crippen molar-refractivity contribution in [3.05, 3.63) is 25.3 Å². The van der Waals surface area contributed by atoms with E-state index in [2.05, 4.69) is 23.8 Å². The van der Waals surface area contributed by atoms with Gasteiger partial charge in [0.2, 0.25) is 0 Å². The molecule has 0 radical (unpaired) electrons. The molecule has 2 N–H and O–H groups in total. The van der Waals surface area contributed by atoms with Gasteiger partial charge in [-0.05, 0) is 12.8 Å². The Morgan fingerprint density at radius 3 is 1.86 bits per heavy atom. The van der Waals surface area contributed by atoms with Gasteiger partial charge in [0.05, 0.1) is 5.66 Å². The Morgan fingerprint density at radius 2 is 1.43 bits per heavy atom. The number of hydrogen-bond acceptors (Lipinski definition) is 2. The fourth-order valence-corrected chi connectivity index (χ4v) is 2.11. The average molecular weight is 194 g/mol. The van der Waals surface area contributed by atoms with Crippen molar-refractivity contribution < 1.29 is 0 Å². The van der Waals surface area contributed by atoms with E-state index in [9.17, 15) is 0 Å². The Labute approximate surface area is 87.5 Å². The van der Waals surface area contributed by atoms with Gasteiger partial charge in [0.25, 0.3) is 0 Å². The van der Waals surface area contributed by atoms with Gasteiger partial charge in [-0.2, -0.15) is 0 Å². The molecule has 1 saturated carbocycles. The highest BCUT2D eigenvalue weighted by Crippen LogP contribution is 2.25. The number of hydrogen-bond donors (Lipinski definition) is 2. The molecule has 0 aliphatic heterocycles. The Morgan fingerprint density at radius 1 is 0.929 bits per heavy atom. The summed E-state index contributed by atoms with van der Waals surface area (Å²) in [6.07, 6.45) is 10.3. The van der Waals surface area contributed by atoms with Crippen molar-refractivity contribution in [3.8, 4) is 0 Å². The van der Waals surface area contributed by atoms with Crippen LogP contribution in [0.1, 0.15) is 32.1 Å². The van der Waals surface area contributed by atoms with Gasteiger partial charge in [0.1, 0.15) is 0 Å². The van der Waals surface area contributed by atoms with Crippen LogP contribution in [0.4, 0.5) is 0 Å². The third-order valence-corrected chi connectivity index (χ3v) is 2.88. The molecule has 1 aliphatic rings. The monoisotopic (exact) mass is 194 g/mol. The largest absolute Gasteiger partial charge is 0.296 e. The highest BCUT2D eigenvalue weighted by Gasteiger charge is 2.29. The highest BCUT2D eigenvalue weighted by molar-refractivity contribution is 4.92. The molecule has 0 aromatic rings. The van der Waals surface area contributed by atoms with Crippen molar-refractivity contribution >= 4 is 0 Å². The van der Waals surface area contributed by atoms with E-state index in [1.165, 1.54) is 32.1 Å². The van der Waals surface area contributed by atoms with E-state index < -0.39 is 0 Å². The van der Waals surface area contributed by atoms with Crippen molar-refractivity contribution in [1.29, 1.82) is 0 Å². The molecule has 0 aromatic carbocycles. The van der Waals surface area contributed by atoms with E-state index in [1.807, 2.05) is 12.2 Å². The van der Waals surface area contributed by atoms with Crippen LogP contribution >= 0.6 is 0 Å². The Balaban J connectivity index is 2.46. The van der Waals surface area contributed by atoms with Crippen molar-refractivity contribution in [2.24, 2.45) is 0 Å². The van der Waals surface area contributed by atoms with Crippen LogP contribution in [-0.2, 0) is 0 Å². The SMILES string of the molecule is C=CCNC1(NCC=C)CCCCC1. The van der Waals surface area contributed by atoms with Gasteiger partial charge in [-0.1, -0.05) is 31.4 Å². The van der Waals surface area contributed by atoms with Gasteiger partial charge in [-0.3, -0.25) is 10.6 Å². The third-order valence-electron chi connectivity index (χ3n) is 2.88. The lowest BCUT2D eigenvalue weighted by Gasteiger charge is -2.39. The first kappa shape index (κ1) is 11.5. The minimum absolute atomic E-state index is 0.140. The molecule has 0 aromatic heterocycles. The van der Waals surface area contributed by atoms with E-state index in [1.54, 1.807) is 0 Å².